The Labute approximate surface area is 163 Å². The lowest BCUT2D eigenvalue weighted by Crippen LogP contribution is -2.39. The van der Waals surface area contributed by atoms with Crippen molar-refractivity contribution in [3.63, 3.8) is 0 Å². The molecule has 0 aromatic heterocycles. The van der Waals surface area contributed by atoms with Crippen LogP contribution in [0, 0.1) is 0 Å². The summed E-state index contributed by atoms with van der Waals surface area (Å²) in [5, 5.41) is 2.94. The molecule has 0 heterocycles. The molecule has 0 fully saturated rings. The summed E-state index contributed by atoms with van der Waals surface area (Å²) in [5.41, 5.74) is 1.82. The molecule has 0 aliphatic heterocycles. The summed E-state index contributed by atoms with van der Waals surface area (Å²) in [4.78, 5) is 14.5. The minimum Gasteiger partial charge on any atom is -0.493 e. The molecule has 1 atom stereocenters. The van der Waals surface area contributed by atoms with Crippen molar-refractivity contribution in [3.8, 4) is 11.5 Å². The number of nitrogens with zero attached hydrogens (tertiary/aromatic N) is 1. The first kappa shape index (κ1) is 20.3. The van der Waals surface area contributed by atoms with Crippen LogP contribution >= 0.6 is 15.9 Å². The predicted molar refractivity (Wildman–Crippen MR) is 108 cm³/mol. The molecular weight excluding hydrogens is 396 g/mol. The molecule has 0 aliphatic rings. The molecule has 0 saturated carbocycles. The number of halogens is 1. The van der Waals surface area contributed by atoms with Crippen LogP contribution in [0.5, 0.6) is 11.5 Å². The van der Waals surface area contributed by atoms with E-state index >= 15 is 0 Å². The highest BCUT2D eigenvalue weighted by Crippen LogP contribution is 2.28. The zero-order valence-corrected chi connectivity index (χ0v) is 17.2. The summed E-state index contributed by atoms with van der Waals surface area (Å²) in [6, 6.07) is 13.1. The Hall–Kier alpha value is -2.05. The van der Waals surface area contributed by atoms with Crippen LogP contribution in [0.15, 0.2) is 46.9 Å². The molecule has 140 valence electrons. The maximum atomic E-state index is 12.5. The van der Waals surface area contributed by atoms with E-state index in [1.807, 2.05) is 68.3 Å². The third-order valence-corrected chi connectivity index (χ3v) is 4.59. The van der Waals surface area contributed by atoms with E-state index in [1.165, 1.54) is 0 Å². The molecule has 0 aliphatic carbocycles. The van der Waals surface area contributed by atoms with Crippen LogP contribution < -0.4 is 14.8 Å². The Morgan fingerprint density at radius 3 is 2.65 bits per heavy atom. The van der Waals surface area contributed by atoms with E-state index in [0.29, 0.717) is 18.9 Å². The van der Waals surface area contributed by atoms with E-state index in [0.717, 1.165) is 21.5 Å². The van der Waals surface area contributed by atoms with Gasteiger partial charge >= 0.3 is 0 Å². The molecule has 0 bridgehead atoms. The van der Waals surface area contributed by atoms with Crippen LogP contribution in [0.4, 0.5) is 5.69 Å². The van der Waals surface area contributed by atoms with Crippen LogP contribution in [0.25, 0.3) is 0 Å². The fourth-order valence-corrected chi connectivity index (χ4v) is 2.92. The molecule has 2 aromatic carbocycles. The molecular formula is C20H25BrN2O3. The van der Waals surface area contributed by atoms with E-state index in [1.54, 1.807) is 7.11 Å². The van der Waals surface area contributed by atoms with Gasteiger partial charge in [0.25, 0.3) is 0 Å². The number of benzene rings is 2. The number of rotatable bonds is 8. The maximum absolute atomic E-state index is 12.5. The molecule has 1 amide bonds. The van der Waals surface area contributed by atoms with Gasteiger partial charge in [0, 0.05) is 16.7 Å². The van der Waals surface area contributed by atoms with E-state index in [-0.39, 0.29) is 11.9 Å². The Balaban J connectivity index is 2.01. The minimum absolute atomic E-state index is 0.0523. The highest BCUT2D eigenvalue weighted by atomic mass is 79.9. The highest BCUT2D eigenvalue weighted by Gasteiger charge is 2.19. The van der Waals surface area contributed by atoms with Gasteiger partial charge in [-0.25, -0.2) is 0 Å². The van der Waals surface area contributed by atoms with Gasteiger partial charge in [0.1, 0.15) is 0 Å². The summed E-state index contributed by atoms with van der Waals surface area (Å²) in [7, 11) is 3.55. The molecule has 0 saturated heterocycles. The van der Waals surface area contributed by atoms with E-state index in [9.17, 15) is 4.79 Å². The molecule has 2 rings (SSSR count). The van der Waals surface area contributed by atoms with Crippen molar-refractivity contribution in [1.82, 2.24) is 4.90 Å². The topological polar surface area (TPSA) is 50.8 Å². The smallest absolute Gasteiger partial charge is 0.241 e. The fourth-order valence-electron chi connectivity index (χ4n) is 2.52. The SMILES string of the molecule is CCOc1ccc(CN(C)[C@@H](C)C(=O)Nc2cccc(Br)c2)cc1OC. The van der Waals surface area contributed by atoms with Gasteiger partial charge < -0.3 is 14.8 Å². The van der Waals surface area contributed by atoms with Crippen LogP contribution in [0.3, 0.4) is 0 Å². The normalized spacial score (nSPS) is 11.9. The lowest BCUT2D eigenvalue weighted by molar-refractivity contribution is -0.120. The Kier molecular flexibility index (Phi) is 7.48. The standard InChI is InChI=1S/C20H25BrN2O3/c1-5-26-18-10-9-15(11-19(18)25-4)13-23(3)14(2)20(24)22-17-8-6-7-16(21)12-17/h6-12,14H,5,13H2,1-4H3,(H,22,24)/t14-/m0/s1. The van der Waals surface area contributed by atoms with E-state index in [4.69, 9.17) is 9.47 Å². The van der Waals surface area contributed by atoms with Gasteiger partial charge in [-0.1, -0.05) is 28.1 Å². The van der Waals surface area contributed by atoms with Crippen LogP contribution in [0.2, 0.25) is 0 Å². The Morgan fingerprint density at radius 2 is 2.00 bits per heavy atom. The average Bonchev–Trinajstić information content (AvgIpc) is 2.62. The van der Waals surface area contributed by atoms with Crippen molar-refractivity contribution in [3.05, 3.63) is 52.5 Å². The number of methoxy groups -OCH3 is 1. The number of anilines is 1. The fraction of sp³-hybridized carbons (Fsp3) is 0.350. The maximum Gasteiger partial charge on any atom is 0.241 e. The van der Waals surface area contributed by atoms with Gasteiger partial charge in [-0.2, -0.15) is 0 Å². The summed E-state index contributed by atoms with van der Waals surface area (Å²) < 4.78 is 11.9. The Bertz CT molecular complexity index is 752. The molecule has 0 radical (unpaired) electrons. The quantitative estimate of drug-likeness (QED) is 0.690. The number of carbonyl (C=O) groups excluding carboxylic acids is 1. The van der Waals surface area contributed by atoms with Crippen LogP contribution in [-0.2, 0) is 11.3 Å². The van der Waals surface area contributed by atoms with Crippen molar-refractivity contribution in [1.29, 1.82) is 0 Å². The lowest BCUT2D eigenvalue weighted by Gasteiger charge is -2.24. The second kappa shape index (κ2) is 9.59. The summed E-state index contributed by atoms with van der Waals surface area (Å²) in [6.07, 6.45) is 0. The number of hydrogen-bond donors (Lipinski definition) is 1. The van der Waals surface area contributed by atoms with Crippen molar-refractivity contribution in [2.75, 3.05) is 26.1 Å². The van der Waals surface area contributed by atoms with Crippen LogP contribution in [0.1, 0.15) is 19.4 Å². The average molecular weight is 421 g/mol. The van der Waals surface area contributed by atoms with Crippen molar-refractivity contribution >= 4 is 27.5 Å². The van der Waals surface area contributed by atoms with Gasteiger partial charge in [0.2, 0.25) is 5.91 Å². The monoisotopic (exact) mass is 420 g/mol. The summed E-state index contributed by atoms with van der Waals surface area (Å²) >= 11 is 3.41. The molecule has 6 heteroatoms. The van der Waals surface area contributed by atoms with Crippen molar-refractivity contribution in [2.24, 2.45) is 0 Å². The third-order valence-electron chi connectivity index (χ3n) is 4.09. The number of nitrogens with one attached hydrogen (secondary N) is 1. The largest absolute Gasteiger partial charge is 0.493 e. The number of hydrogen-bond acceptors (Lipinski definition) is 4. The van der Waals surface area contributed by atoms with Gasteiger partial charge in [-0.05, 0) is 56.8 Å². The van der Waals surface area contributed by atoms with Crippen molar-refractivity contribution < 1.29 is 14.3 Å². The van der Waals surface area contributed by atoms with Gasteiger partial charge in [-0.3, -0.25) is 9.69 Å². The van der Waals surface area contributed by atoms with Crippen LogP contribution in [-0.4, -0.2) is 37.6 Å². The third kappa shape index (κ3) is 5.47. The Morgan fingerprint density at radius 1 is 1.23 bits per heavy atom. The van der Waals surface area contributed by atoms with Gasteiger partial charge in [0.15, 0.2) is 11.5 Å². The second-order valence-corrected chi connectivity index (χ2v) is 6.92. The van der Waals surface area contributed by atoms with Crippen molar-refractivity contribution in [2.45, 2.75) is 26.4 Å². The number of amides is 1. The summed E-state index contributed by atoms with van der Waals surface area (Å²) in [5.74, 6) is 1.37. The second-order valence-electron chi connectivity index (χ2n) is 6.01. The van der Waals surface area contributed by atoms with Gasteiger partial charge in [-0.15, -0.1) is 0 Å². The van der Waals surface area contributed by atoms with E-state index in [2.05, 4.69) is 21.2 Å². The first-order chi connectivity index (χ1) is 12.4. The molecule has 26 heavy (non-hydrogen) atoms. The highest BCUT2D eigenvalue weighted by molar-refractivity contribution is 9.10. The number of likely N-dealkylation sites (N-methyl/N-ethyl adjacent to an activating group) is 1. The molecule has 5 nitrogen and oxygen atoms in total. The molecule has 2 aromatic rings. The first-order valence-corrected chi connectivity index (χ1v) is 9.30. The molecule has 0 unspecified atom stereocenters. The summed E-state index contributed by atoms with van der Waals surface area (Å²) in [6.45, 7) is 5.03. The lowest BCUT2D eigenvalue weighted by atomic mass is 10.1. The van der Waals surface area contributed by atoms with E-state index < -0.39 is 0 Å². The zero-order chi connectivity index (χ0) is 19.1. The molecule has 0 spiro atoms. The number of ether oxygens (including phenoxy) is 2. The minimum atomic E-state index is -0.286. The predicted octanol–water partition coefficient (Wildman–Crippen LogP) is 4.32. The first-order valence-electron chi connectivity index (χ1n) is 8.51. The van der Waals surface area contributed by atoms with Gasteiger partial charge in [0.05, 0.1) is 19.8 Å². The zero-order valence-electron chi connectivity index (χ0n) is 15.6. The number of carbonyl (C=O) groups is 1. The molecule has 1 N–H and O–H groups in total.